The second-order valence-corrected chi connectivity index (χ2v) is 11.4. The van der Waals surface area contributed by atoms with Gasteiger partial charge >= 0.3 is 13.8 Å². The molecule has 0 radical (unpaired) electrons. The summed E-state index contributed by atoms with van der Waals surface area (Å²) in [5, 5.41) is 9.81. The summed E-state index contributed by atoms with van der Waals surface area (Å²) < 4.78 is 27.0. The average molecular weight is 509 g/mol. The molecule has 0 rings (SSSR count). The average Bonchev–Trinajstić information content (AvgIpc) is 2.75. The van der Waals surface area contributed by atoms with Gasteiger partial charge in [-0.15, -0.1) is 0 Å². The monoisotopic (exact) mass is 508 g/mol. The van der Waals surface area contributed by atoms with E-state index in [1.54, 1.807) is 0 Å². The lowest BCUT2D eigenvalue weighted by molar-refractivity contribution is -0.870. The molecule has 202 valence electrons. The summed E-state index contributed by atoms with van der Waals surface area (Å²) in [6.07, 6.45) is 17.8. The number of carbonyl (C=O) groups excluding carboxylic acids is 1. The number of phosphoric acid groups is 1. The van der Waals surface area contributed by atoms with Crippen molar-refractivity contribution in [2.24, 2.45) is 0 Å². The number of phosphoric ester groups is 1. The molecule has 2 N–H and O–H groups in total. The molecule has 0 bridgehead atoms. The van der Waals surface area contributed by atoms with Crippen molar-refractivity contribution in [1.29, 1.82) is 0 Å². The summed E-state index contributed by atoms with van der Waals surface area (Å²) in [6.45, 7) is 2.10. The maximum Gasteiger partial charge on any atom is 0.472 e. The number of esters is 1. The molecule has 9 heteroatoms. The van der Waals surface area contributed by atoms with E-state index in [9.17, 15) is 19.4 Å². The van der Waals surface area contributed by atoms with Gasteiger partial charge in [0.05, 0.1) is 27.7 Å². The lowest BCUT2D eigenvalue weighted by atomic mass is 10.1. The predicted octanol–water partition coefficient (Wildman–Crippen LogP) is 5.38. The second kappa shape index (κ2) is 20.4. The van der Waals surface area contributed by atoms with Gasteiger partial charge in [0.2, 0.25) is 0 Å². The molecule has 8 nitrogen and oxygen atoms in total. The number of allylic oxidation sites excluding steroid dienone is 2. The third-order valence-corrected chi connectivity index (χ3v) is 6.26. The van der Waals surface area contributed by atoms with Gasteiger partial charge in [-0.25, -0.2) is 4.57 Å². The highest BCUT2D eigenvalue weighted by Gasteiger charge is 2.24. The highest BCUT2D eigenvalue weighted by Crippen LogP contribution is 2.43. The highest BCUT2D eigenvalue weighted by atomic mass is 31.2. The van der Waals surface area contributed by atoms with Crippen molar-refractivity contribution in [1.82, 2.24) is 0 Å². The Hall–Kier alpha value is -0.760. The lowest BCUT2D eigenvalue weighted by Crippen LogP contribution is -2.37. The summed E-state index contributed by atoms with van der Waals surface area (Å²) in [7, 11) is 1.56. The first kappa shape index (κ1) is 33.2. The normalized spacial score (nSPS) is 14.9. The summed E-state index contributed by atoms with van der Waals surface area (Å²) >= 11 is 0. The van der Waals surface area contributed by atoms with Crippen LogP contribution in [0, 0.1) is 0 Å². The molecule has 2 atom stereocenters. The number of carbonyl (C=O) groups is 1. The van der Waals surface area contributed by atoms with Crippen LogP contribution in [0.15, 0.2) is 12.2 Å². The number of ether oxygens (including phenoxy) is 1. The van der Waals surface area contributed by atoms with E-state index in [0.29, 0.717) is 17.4 Å². The van der Waals surface area contributed by atoms with E-state index in [2.05, 4.69) is 19.1 Å². The van der Waals surface area contributed by atoms with Crippen molar-refractivity contribution in [3.05, 3.63) is 12.2 Å². The van der Waals surface area contributed by atoms with Gasteiger partial charge < -0.3 is 19.2 Å². The van der Waals surface area contributed by atoms with Crippen LogP contribution in [0.3, 0.4) is 0 Å². The van der Waals surface area contributed by atoms with E-state index in [-0.39, 0.29) is 19.2 Å². The molecule has 0 aliphatic heterocycles. The number of rotatable bonds is 23. The largest absolute Gasteiger partial charge is 0.472 e. The maximum atomic E-state index is 11.8. The summed E-state index contributed by atoms with van der Waals surface area (Å²) in [4.78, 5) is 21.4. The fourth-order valence-corrected chi connectivity index (χ4v) is 3.87. The fourth-order valence-electron chi connectivity index (χ4n) is 3.12. The van der Waals surface area contributed by atoms with Crippen LogP contribution in [0.1, 0.15) is 90.4 Å². The Balaban J connectivity index is 3.61. The van der Waals surface area contributed by atoms with Crippen LogP contribution in [0.5, 0.6) is 0 Å². The van der Waals surface area contributed by atoms with Gasteiger partial charge in [-0.3, -0.25) is 13.8 Å². The van der Waals surface area contributed by atoms with Gasteiger partial charge in [-0.2, -0.15) is 0 Å². The molecule has 0 saturated carbocycles. The molecule has 0 aromatic rings. The van der Waals surface area contributed by atoms with E-state index >= 15 is 0 Å². The second-order valence-electron chi connectivity index (χ2n) is 9.93. The fraction of sp³-hybridized carbons (Fsp3) is 0.880. The van der Waals surface area contributed by atoms with Crippen LogP contribution in [-0.2, 0) is 23.1 Å². The molecule has 1 unspecified atom stereocenters. The smallest absolute Gasteiger partial charge is 0.463 e. The van der Waals surface area contributed by atoms with Gasteiger partial charge in [0.1, 0.15) is 25.9 Å². The van der Waals surface area contributed by atoms with Crippen LogP contribution in [0.4, 0.5) is 0 Å². The summed E-state index contributed by atoms with van der Waals surface area (Å²) in [5.74, 6) is -0.380. The zero-order chi connectivity index (χ0) is 25.7. The first-order valence-corrected chi connectivity index (χ1v) is 14.5. The number of hydrogen-bond donors (Lipinski definition) is 2. The van der Waals surface area contributed by atoms with Crippen molar-refractivity contribution in [3.8, 4) is 0 Å². The molecule has 0 spiro atoms. The molecule has 0 aromatic carbocycles. The number of unbranched alkanes of at least 4 members (excludes halogenated alkanes) is 10. The number of aliphatic hydroxyl groups excluding tert-OH is 1. The van der Waals surface area contributed by atoms with Crippen molar-refractivity contribution in [2.45, 2.75) is 96.5 Å². The van der Waals surface area contributed by atoms with Crippen molar-refractivity contribution < 1.29 is 37.6 Å². The first-order chi connectivity index (χ1) is 16.1. The van der Waals surface area contributed by atoms with Crippen LogP contribution in [0.25, 0.3) is 0 Å². The van der Waals surface area contributed by atoms with E-state index in [1.807, 2.05) is 21.1 Å². The minimum atomic E-state index is -4.24. The topological polar surface area (TPSA) is 102 Å². The van der Waals surface area contributed by atoms with E-state index in [0.717, 1.165) is 25.7 Å². The molecule has 0 heterocycles. The minimum Gasteiger partial charge on any atom is -0.463 e. The first-order valence-electron chi connectivity index (χ1n) is 13.0. The van der Waals surface area contributed by atoms with Crippen molar-refractivity contribution in [3.63, 3.8) is 0 Å². The molecular weight excluding hydrogens is 457 g/mol. The van der Waals surface area contributed by atoms with E-state index in [4.69, 9.17) is 13.8 Å². The minimum absolute atomic E-state index is 0.0542. The molecule has 0 fully saturated rings. The quantitative estimate of drug-likeness (QED) is 0.0628. The Labute approximate surface area is 207 Å². The highest BCUT2D eigenvalue weighted by molar-refractivity contribution is 7.47. The number of likely N-dealkylation sites (N-methyl/N-ethyl adjacent to an activating group) is 1. The Morgan fingerprint density at radius 1 is 0.882 bits per heavy atom. The molecule has 0 aliphatic carbocycles. The van der Waals surface area contributed by atoms with Crippen molar-refractivity contribution in [2.75, 3.05) is 47.5 Å². The SMILES string of the molecule is CCCCCC/C=C\CCCCCCCCC(=O)OC[C@H](O)COP(=O)(O)OCC[N+](C)(C)C. The molecular formula is C25H51NO7P+. The van der Waals surface area contributed by atoms with Gasteiger partial charge in [-0.1, -0.05) is 64.0 Å². The number of aliphatic hydroxyl groups is 1. The van der Waals surface area contributed by atoms with E-state index in [1.165, 1.54) is 51.4 Å². The Morgan fingerprint density at radius 2 is 1.44 bits per heavy atom. The van der Waals surface area contributed by atoms with Crippen LogP contribution >= 0.6 is 7.82 Å². The molecule has 0 saturated heterocycles. The maximum absolute atomic E-state index is 11.8. The molecule has 0 amide bonds. The predicted molar refractivity (Wildman–Crippen MR) is 136 cm³/mol. The zero-order valence-electron chi connectivity index (χ0n) is 22.1. The van der Waals surface area contributed by atoms with Crippen LogP contribution < -0.4 is 0 Å². The Morgan fingerprint density at radius 3 is 2.03 bits per heavy atom. The van der Waals surface area contributed by atoms with E-state index < -0.39 is 20.5 Å². The zero-order valence-corrected chi connectivity index (χ0v) is 23.0. The third kappa shape index (κ3) is 24.4. The van der Waals surface area contributed by atoms with Gasteiger partial charge in [0.15, 0.2) is 0 Å². The molecule has 34 heavy (non-hydrogen) atoms. The Bertz CT molecular complexity index is 578. The Kier molecular flexibility index (Phi) is 20.0. The van der Waals surface area contributed by atoms with Gasteiger partial charge in [0.25, 0.3) is 0 Å². The molecule has 0 aromatic heterocycles. The van der Waals surface area contributed by atoms with Crippen LogP contribution in [0.2, 0.25) is 0 Å². The molecule has 0 aliphatic rings. The standard InChI is InChI=1S/C25H50NO7P/c1-5-6-7-8-9-10-11-12-13-14-15-16-17-18-19-25(28)31-22-24(27)23-33-34(29,30)32-21-20-26(2,3)4/h10-11,24,27H,5-9,12-23H2,1-4H3/p+1/b11-10-/t24-/m0/s1. The van der Waals surface area contributed by atoms with Gasteiger partial charge in [0, 0.05) is 6.42 Å². The third-order valence-electron chi connectivity index (χ3n) is 5.28. The van der Waals surface area contributed by atoms with Crippen molar-refractivity contribution >= 4 is 13.8 Å². The lowest BCUT2D eigenvalue weighted by Gasteiger charge is -2.24. The summed E-state index contributed by atoms with van der Waals surface area (Å²) in [6, 6.07) is 0. The number of quaternary nitrogens is 1. The number of nitrogens with zero attached hydrogens (tertiary/aromatic N) is 1. The van der Waals surface area contributed by atoms with Crippen LogP contribution in [-0.4, -0.2) is 74.1 Å². The summed E-state index contributed by atoms with van der Waals surface area (Å²) in [5.41, 5.74) is 0. The van der Waals surface area contributed by atoms with Gasteiger partial charge in [-0.05, 0) is 32.1 Å². The number of hydrogen-bond acceptors (Lipinski definition) is 6.